The number of allylic oxidation sites excluding steroid dienone is 1. The van der Waals surface area contributed by atoms with Crippen molar-refractivity contribution in [3.8, 4) is 5.75 Å². The van der Waals surface area contributed by atoms with Crippen LogP contribution in [0.2, 0.25) is 0 Å². The van der Waals surface area contributed by atoms with Gasteiger partial charge in [0.15, 0.2) is 4.80 Å². The zero-order valence-corrected chi connectivity index (χ0v) is 20.8. The number of carbonyl (C=O) groups excluding carboxylic acids is 1. The van der Waals surface area contributed by atoms with Crippen LogP contribution in [0.1, 0.15) is 31.0 Å². The third-order valence-corrected chi connectivity index (χ3v) is 7.09. The van der Waals surface area contributed by atoms with Gasteiger partial charge in [-0.05, 0) is 54.5 Å². The monoisotopic (exact) mass is 502 g/mol. The lowest BCUT2D eigenvalue weighted by atomic mass is 9.90. The highest BCUT2D eigenvalue weighted by Crippen LogP contribution is 2.40. The second-order valence-corrected chi connectivity index (χ2v) is 9.27. The van der Waals surface area contributed by atoms with E-state index < -0.39 is 12.0 Å². The molecule has 0 radical (unpaired) electrons. The summed E-state index contributed by atoms with van der Waals surface area (Å²) in [4.78, 5) is 32.1. The van der Waals surface area contributed by atoms with Gasteiger partial charge < -0.3 is 9.47 Å². The molecule has 0 aliphatic carbocycles. The number of carbonyl (C=O) groups is 1. The Balaban J connectivity index is 1.84. The van der Waals surface area contributed by atoms with E-state index in [0.29, 0.717) is 31.9 Å². The van der Waals surface area contributed by atoms with Crippen LogP contribution in [-0.4, -0.2) is 24.3 Å². The molecule has 1 atom stereocenters. The van der Waals surface area contributed by atoms with Crippen LogP contribution in [0.15, 0.2) is 81.7 Å². The number of ether oxygens (including phenoxy) is 2. The Morgan fingerprint density at radius 3 is 2.61 bits per heavy atom. The summed E-state index contributed by atoms with van der Waals surface area (Å²) >= 11 is 1.22. The molecule has 3 aromatic carbocycles. The molecular formula is C28H23FN2O4S. The fourth-order valence-corrected chi connectivity index (χ4v) is 5.56. The van der Waals surface area contributed by atoms with E-state index in [1.165, 1.54) is 28.0 Å². The van der Waals surface area contributed by atoms with E-state index in [2.05, 4.69) is 4.99 Å². The molecule has 2 heterocycles. The van der Waals surface area contributed by atoms with Crippen molar-refractivity contribution in [2.75, 3.05) is 13.7 Å². The van der Waals surface area contributed by atoms with Crippen LogP contribution in [0.3, 0.4) is 0 Å². The van der Waals surface area contributed by atoms with Crippen molar-refractivity contribution in [3.63, 3.8) is 0 Å². The van der Waals surface area contributed by atoms with Crippen LogP contribution in [0.25, 0.3) is 16.8 Å². The van der Waals surface area contributed by atoms with Crippen LogP contribution in [0.5, 0.6) is 5.75 Å². The maximum absolute atomic E-state index is 13.8. The summed E-state index contributed by atoms with van der Waals surface area (Å²) in [6.45, 7) is 3.66. The van der Waals surface area contributed by atoms with Gasteiger partial charge in [-0.1, -0.05) is 53.8 Å². The van der Waals surface area contributed by atoms with Gasteiger partial charge in [0.05, 0.1) is 29.5 Å². The van der Waals surface area contributed by atoms with Crippen molar-refractivity contribution in [2.24, 2.45) is 4.99 Å². The number of fused-ring (bicyclic) bond motifs is 2. The van der Waals surface area contributed by atoms with Gasteiger partial charge >= 0.3 is 5.97 Å². The van der Waals surface area contributed by atoms with Gasteiger partial charge in [0.25, 0.3) is 5.56 Å². The number of thiazole rings is 1. The van der Waals surface area contributed by atoms with Gasteiger partial charge in [-0.3, -0.25) is 9.36 Å². The molecule has 0 spiro atoms. The number of rotatable bonds is 5. The van der Waals surface area contributed by atoms with Gasteiger partial charge in [0, 0.05) is 5.56 Å². The highest BCUT2D eigenvalue weighted by atomic mass is 32.1. The first-order valence-electron chi connectivity index (χ1n) is 11.4. The second-order valence-electron chi connectivity index (χ2n) is 8.26. The normalized spacial score (nSPS) is 15.6. The Hall–Kier alpha value is -4.04. The second kappa shape index (κ2) is 9.54. The molecule has 36 heavy (non-hydrogen) atoms. The van der Waals surface area contributed by atoms with Crippen LogP contribution >= 0.6 is 11.3 Å². The fraction of sp³-hybridized carbons (Fsp3) is 0.179. The Morgan fingerprint density at radius 2 is 1.89 bits per heavy atom. The van der Waals surface area contributed by atoms with Crippen LogP contribution < -0.4 is 19.6 Å². The van der Waals surface area contributed by atoms with Crippen molar-refractivity contribution in [1.82, 2.24) is 4.57 Å². The van der Waals surface area contributed by atoms with Gasteiger partial charge in [-0.15, -0.1) is 0 Å². The summed E-state index contributed by atoms with van der Waals surface area (Å²) in [6, 6.07) is 16.6. The molecule has 1 aliphatic heterocycles. The van der Waals surface area contributed by atoms with Crippen molar-refractivity contribution in [3.05, 3.63) is 109 Å². The minimum Gasteiger partial charge on any atom is -0.496 e. The van der Waals surface area contributed by atoms with Gasteiger partial charge in [0.2, 0.25) is 0 Å². The van der Waals surface area contributed by atoms with Crippen LogP contribution in [0, 0.1) is 5.82 Å². The minimum absolute atomic E-state index is 0.185. The highest BCUT2D eigenvalue weighted by Gasteiger charge is 2.36. The maximum atomic E-state index is 13.8. The molecule has 1 aromatic heterocycles. The van der Waals surface area contributed by atoms with Crippen molar-refractivity contribution in [1.29, 1.82) is 0 Å². The molecule has 6 nitrogen and oxygen atoms in total. The van der Waals surface area contributed by atoms with Gasteiger partial charge in [0.1, 0.15) is 17.6 Å². The lowest BCUT2D eigenvalue weighted by molar-refractivity contribution is -0.139. The van der Waals surface area contributed by atoms with Gasteiger partial charge in [-0.25, -0.2) is 14.2 Å². The molecule has 0 saturated carbocycles. The van der Waals surface area contributed by atoms with Crippen LogP contribution in [0.4, 0.5) is 4.39 Å². The first-order chi connectivity index (χ1) is 17.4. The number of benzene rings is 3. The number of hydrogen-bond donors (Lipinski definition) is 0. The van der Waals surface area contributed by atoms with E-state index in [9.17, 15) is 14.0 Å². The molecule has 4 aromatic rings. The van der Waals surface area contributed by atoms with Crippen LogP contribution in [-0.2, 0) is 9.53 Å². The summed E-state index contributed by atoms with van der Waals surface area (Å²) < 4.78 is 26.5. The molecule has 182 valence electrons. The summed E-state index contributed by atoms with van der Waals surface area (Å²) in [6.07, 6.45) is 1.70. The summed E-state index contributed by atoms with van der Waals surface area (Å²) in [5.74, 6) is -0.346. The third kappa shape index (κ3) is 4.03. The molecular weight excluding hydrogens is 479 g/mol. The van der Waals surface area contributed by atoms with E-state index in [4.69, 9.17) is 9.47 Å². The van der Waals surface area contributed by atoms with E-state index in [1.807, 2.05) is 36.4 Å². The van der Waals surface area contributed by atoms with E-state index >= 15 is 0 Å². The third-order valence-electron chi connectivity index (χ3n) is 6.11. The largest absolute Gasteiger partial charge is 0.496 e. The zero-order chi connectivity index (χ0) is 25.4. The Morgan fingerprint density at radius 1 is 1.14 bits per heavy atom. The molecule has 0 fully saturated rings. The van der Waals surface area contributed by atoms with Crippen molar-refractivity contribution in [2.45, 2.75) is 19.9 Å². The lowest BCUT2D eigenvalue weighted by Gasteiger charge is -2.27. The SMILES string of the molecule is CCOC(=O)C1=C(C)N=c2sc(=Cc3ccc(F)cc3)c(=O)n2[C@@H]1c1c(OC)ccc2ccccc12. The smallest absolute Gasteiger partial charge is 0.338 e. The van der Waals surface area contributed by atoms with Crippen molar-refractivity contribution >= 4 is 34.2 Å². The van der Waals surface area contributed by atoms with E-state index in [-0.39, 0.29) is 23.6 Å². The van der Waals surface area contributed by atoms with E-state index in [1.54, 1.807) is 39.2 Å². The molecule has 0 bridgehead atoms. The molecule has 5 rings (SSSR count). The Bertz CT molecular complexity index is 1700. The highest BCUT2D eigenvalue weighted by molar-refractivity contribution is 7.07. The average Bonchev–Trinajstić information content (AvgIpc) is 3.18. The summed E-state index contributed by atoms with van der Waals surface area (Å²) in [7, 11) is 1.56. The Labute approximate surface area is 210 Å². The first kappa shape index (κ1) is 23.7. The predicted molar refractivity (Wildman–Crippen MR) is 137 cm³/mol. The summed E-state index contributed by atoms with van der Waals surface area (Å²) in [5.41, 5.74) is 1.82. The average molecular weight is 503 g/mol. The van der Waals surface area contributed by atoms with Crippen molar-refractivity contribution < 1.29 is 18.7 Å². The quantitative estimate of drug-likeness (QED) is 0.386. The molecule has 0 amide bonds. The zero-order valence-electron chi connectivity index (χ0n) is 19.9. The van der Waals surface area contributed by atoms with E-state index in [0.717, 1.165) is 10.8 Å². The number of nitrogens with zero attached hydrogens (tertiary/aromatic N) is 2. The predicted octanol–water partition coefficient (Wildman–Crippen LogP) is 4.10. The number of halogens is 1. The molecule has 0 N–H and O–H groups in total. The molecule has 0 saturated heterocycles. The topological polar surface area (TPSA) is 69.9 Å². The number of methoxy groups -OCH3 is 1. The number of hydrogen-bond acceptors (Lipinski definition) is 6. The lowest BCUT2D eigenvalue weighted by Crippen LogP contribution is -2.40. The number of esters is 1. The molecule has 8 heteroatoms. The molecule has 1 aliphatic rings. The maximum Gasteiger partial charge on any atom is 0.338 e. The Kier molecular flexibility index (Phi) is 6.28. The minimum atomic E-state index is -0.809. The number of aromatic nitrogens is 1. The summed E-state index contributed by atoms with van der Waals surface area (Å²) in [5, 5.41) is 1.80. The first-order valence-corrected chi connectivity index (χ1v) is 12.3. The molecule has 0 unspecified atom stereocenters. The standard InChI is InChI=1S/C28H23FN2O4S/c1-4-35-27(33)23-16(2)30-28-31(26(32)22(36-28)15-17-9-12-19(29)13-10-17)25(23)24-20-8-6-5-7-18(20)11-14-21(24)34-3/h5-15,25H,4H2,1-3H3/t25-/m0/s1. The van der Waals surface area contributed by atoms with Gasteiger partial charge in [-0.2, -0.15) is 0 Å². The fourth-order valence-electron chi connectivity index (χ4n) is 4.51.